The molecule has 0 fully saturated rings. The van der Waals surface area contributed by atoms with E-state index in [-0.39, 0.29) is 18.0 Å². The van der Waals surface area contributed by atoms with E-state index in [1.807, 2.05) is 38.1 Å². The second kappa shape index (κ2) is 11.5. The number of carbonyl (C=O) groups excluding carboxylic acids is 2. The van der Waals surface area contributed by atoms with Gasteiger partial charge in [0.15, 0.2) is 0 Å². The van der Waals surface area contributed by atoms with E-state index < -0.39 is 0 Å². The van der Waals surface area contributed by atoms with Gasteiger partial charge in [-0.05, 0) is 31.4 Å². The van der Waals surface area contributed by atoms with Crippen LogP contribution in [0.25, 0.3) is 0 Å². The first-order chi connectivity index (χ1) is 14.0. The smallest absolute Gasteiger partial charge is 0.322 e. The van der Waals surface area contributed by atoms with Gasteiger partial charge in [0.1, 0.15) is 10.7 Å². The molecule has 0 aliphatic rings. The number of methoxy groups -OCH3 is 1. The topological polar surface area (TPSA) is 83.6 Å². The van der Waals surface area contributed by atoms with Crippen molar-refractivity contribution in [2.75, 3.05) is 25.6 Å². The van der Waals surface area contributed by atoms with E-state index in [1.165, 1.54) is 11.3 Å². The number of carbonyl (C=O) groups is 2. The van der Waals surface area contributed by atoms with Crippen molar-refractivity contribution in [2.24, 2.45) is 0 Å². The molecular weight excluding hydrogens is 388 g/mol. The van der Waals surface area contributed by atoms with Gasteiger partial charge in [-0.2, -0.15) is 0 Å². The molecule has 29 heavy (non-hydrogen) atoms. The molecule has 1 atom stereocenters. The highest BCUT2D eigenvalue weighted by Gasteiger charge is 2.19. The van der Waals surface area contributed by atoms with Crippen LogP contribution in [0.2, 0.25) is 0 Å². The predicted octanol–water partition coefficient (Wildman–Crippen LogP) is 3.91. The molecule has 0 unspecified atom stereocenters. The normalized spacial score (nSPS) is 11.7. The zero-order valence-electron chi connectivity index (χ0n) is 17.5. The van der Waals surface area contributed by atoms with Crippen LogP contribution in [0.4, 0.5) is 10.5 Å². The summed E-state index contributed by atoms with van der Waals surface area (Å²) in [4.78, 5) is 31.2. The number of ether oxygens (including phenoxy) is 1. The van der Waals surface area contributed by atoms with Crippen LogP contribution >= 0.6 is 11.3 Å². The maximum absolute atomic E-state index is 12.9. The molecule has 2 N–H and O–H groups in total. The number of rotatable bonds is 10. The first kappa shape index (κ1) is 22.8. The van der Waals surface area contributed by atoms with E-state index in [0.717, 1.165) is 24.1 Å². The molecule has 1 aromatic carbocycles. The lowest BCUT2D eigenvalue weighted by molar-refractivity contribution is 0.0934. The molecule has 158 valence electrons. The highest BCUT2D eigenvalue weighted by atomic mass is 32.1. The second-order valence-corrected chi connectivity index (χ2v) is 7.71. The zero-order chi connectivity index (χ0) is 21.2. The first-order valence-corrected chi connectivity index (χ1v) is 10.7. The van der Waals surface area contributed by atoms with Gasteiger partial charge < -0.3 is 20.3 Å². The molecule has 0 aliphatic carbocycles. The summed E-state index contributed by atoms with van der Waals surface area (Å²) in [5.41, 5.74) is 2.26. The lowest BCUT2D eigenvalue weighted by atomic mass is 10.1. The van der Waals surface area contributed by atoms with Crippen LogP contribution in [-0.2, 0) is 17.7 Å². The van der Waals surface area contributed by atoms with E-state index in [1.54, 1.807) is 17.4 Å². The fraction of sp³-hybridized carbons (Fsp3) is 0.476. The Balaban J connectivity index is 2.08. The van der Waals surface area contributed by atoms with Gasteiger partial charge in [0.2, 0.25) is 0 Å². The predicted molar refractivity (Wildman–Crippen MR) is 116 cm³/mol. The Hall–Kier alpha value is -2.45. The molecule has 7 nitrogen and oxygen atoms in total. The summed E-state index contributed by atoms with van der Waals surface area (Å²) < 4.78 is 5.15. The Morgan fingerprint density at radius 2 is 2.03 bits per heavy atom. The van der Waals surface area contributed by atoms with Crippen LogP contribution in [0.3, 0.4) is 0 Å². The number of urea groups is 1. The van der Waals surface area contributed by atoms with Crippen molar-refractivity contribution >= 4 is 29.0 Å². The maximum atomic E-state index is 12.9. The molecule has 8 heteroatoms. The third kappa shape index (κ3) is 6.83. The summed E-state index contributed by atoms with van der Waals surface area (Å²) in [5.74, 6) is -0.188. The van der Waals surface area contributed by atoms with Gasteiger partial charge >= 0.3 is 6.03 Å². The molecule has 0 spiro atoms. The summed E-state index contributed by atoms with van der Waals surface area (Å²) in [6.07, 6.45) is 1.68. The minimum absolute atomic E-state index is 0.0928. The third-order valence-corrected chi connectivity index (χ3v) is 5.43. The van der Waals surface area contributed by atoms with Crippen LogP contribution in [0.1, 0.15) is 48.3 Å². The molecule has 0 radical (unpaired) electrons. The molecule has 2 aromatic rings. The molecule has 0 saturated heterocycles. The quantitative estimate of drug-likeness (QED) is 0.613. The van der Waals surface area contributed by atoms with Crippen molar-refractivity contribution < 1.29 is 14.3 Å². The molecule has 0 bridgehead atoms. The Morgan fingerprint density at radius 3 is 2.72 bits per heavy atom. The Bertz CT molecular complexity index is 809. The molecule has 3 amide bonds. The van der Waals surface area contributed by atoms with Gasteiger partial charge in [-0.15, -0.1) is 11.3 Å². The van der Waals surface area contributed by atoms with Crippen LogP contribution in [0.5, 0.6) is 0 Å². The SMILES string of the molecule is CCc1ccccc1NC(=O)N(CCOC)Cc1nc(C(=O)N[C@H](C)CC)cs1. The standard InChI is InChI=1S/C21H30N4O3S/c1-5-15(3)22-20(26)18-14-29-19(23-18)13-25(11-12-28-4)21(27)24-17-10-8-7-9-16(17)6-2/h7-10,14-15H,5-6,11-13H2,1-4H3,(H,22,26)(H,24,27)/t15-/m1/s1. The Morgan fingerprint density at radius 1 is 1.28 bits per heavy atom. The van der Waals surface area contributed by atoms with Crippen molar-refractivity contribution in [2.45, 2.75) is 46.2 Å². The van der Waals surface area contributed by atoms with E-state index in [9.17, 15) is 9.59 Å². The lowest BCUT2D eigenvalue weighted by Crippen LogP contribution is -2.37. The van der Waals surface area contributed by atoms with Gasteiger partial charge in [0, 0.05) is 30.8 Å². The number of para-hydroxylation sites is 1. The zero-order valence-corrected chi connectivity index (χ0v) is 18.3. The average molecular weight is 419 g/mol. The van der Waals surface area contributed by atoms with Crippen molar-refractivity contribution in [3.63, 3.8) is 0 Å². The van der Waals surface area contributed by atoms with E-state index >= 15 is 0 Å². The number of thiazole rings is 1. The summed E-state index contributed by atoms with van der Waals surface area (Å²) in [6.45, 7) is 7.16. The molecule has 1 heterocycles. The summed E-state index contributed by atoms with van der Waals surface area (Å²) in [7, 11) is 1.60. The van der Waals surface area contributed by atoms with Gasteiger partial charge in [-0.25, -0.2) is 9.78 Å². The van der Waals surface area contributed by atoms with Gasteiger partial charge in [0.25, 0.3) is 5.91 Å². The highest BCUT2D eigenvalue weighted by molar-refractivity contribution is 7.09. The van der Waals surface area contributed by atoms with Crippen LogP contribution < -0.4 is 10.6 Å². The number of aryl methyl sites for hydroxylation is 1. The van der Waals surface area contributed by atoms with Crippen LogP contribution in [-0.4, -0.2) is 48.1 Å². The van der Waals surface area contributed by atoms with E-state index in [4.69, 9.17) is 4.74 Å². The van der Waals surface area contributed by atoms with Gasteiger partial charge in [0.05, 0.1) is 13.2 Å². The fourth-order valence-corrected chi connectivity index (χ4v) is 3.44. The van der Waals surface area contributed by atoms with Crippen molar-refractivity contribution in [3.8, 4) is 0 Å². The van der Waals surface area contributed by atoms with E-state index in [2.05, 4.69) is 22.5 Å². The lowest BCUT2D eigenvalue weighted by Gasteiger charge is -2.22. The second-order valence-electron chi connectivity index (χ2n) is 6.76. The average Bonchev–Trinajstić information content (AvgIpc) is 3.20. The molecular formula is C21H30N4O3S. The summed E-state index contributed by atoms with van der Waals surface area (Å²) in [5, 5.41) is 8.32. The van der Waals surface area contributed by atoms with E-state index in [0.29, 0.717) is 30.4 Å². The highest BCUT2D eigenvalue weighted by Crippen LogP contribution is 2.18. The van der Waals surface area contributed by atoms with Gasteiger partial charge in [-0.1, -0.05) is 32.0 Å². The Kier molecular flexibility index (Phi) is 9.08. The minimum Gasteiger partial charge on any atom is -0.383 e. The molecule has 0 saturated carbocycles. The maximum Gasteiger partial charge on any atom is 0.322 e. The first-order valence-electron chi connectivity index (χ1n) is 9.86. The fourth-order valence-electron chi connectivity index (χ4n) is 2.65. The third-order valence-electron chi connectivity index (χ3n) is 4.59. The monoisotopic (exact) mass is 418 g/mol. The number of aromatic nitrogens is 1. The molecule has 1 aromatic heterocycles. The van der Waals surface area contributed by atoms with Gasteiger partial charge in [-0.3, -0.25) is 4.79 Å². The van der Waals surface area contributed by atoms with Crippen LogP contribution in [0, 0.1) is 0 Å². The summed E-state index contributed by atoms with van der Waals surface area (Å²) >= 11 is 1.37. The van der Waals surface area contributed by atoms with Crippen LogP contribution in [0.15, 0.2) is 29.6 Å². The number of nitrogens with one attached hydrogen (secondary N) is 2. The number of hydrogen-bond acceptors (Lipinski definition) is 5. The minimum atomic E-state index is -0.219. The number of amides is 3. The molecule has 0 aliphatic heterocycles. The van der Waals surface area contributed by atoms with Crippen molar-refractivity contribution in [3.05, 3.63) is 45.9 Å². The largest absolute Gasteiger partial charge is 0.383 e. The summed E-state index contributed by atoms with van der Waals surface area (Å²) in [6, 6.07) is 7.62. The van der Waals surface area contributed by atoms with Crippen molar-refractivity contribution in [1.82, 2.24) is 15.2 Å². The number of nitrogens with zero attached hydrogens (tertiary/aromatic N) is 2. The number of benzene rings is 1. The molecule has 2 rings (SSSR count). The number of anilines is 1. The van der Waals surface area contributed by atoms with Crippen molar-refractivity contribution in [1.29, 1.82) is 0 Å². The Labute approximate surface area is 176 Å². The number of hydrogen-bond donors (Lipinski definition) is 2.